The van der Waals surface area contributed by atoms with E-state index in [1.165, 1.54) is 6.07 Å². The Balaban J connectivity index is 2.30. The molecule has 0 heterocycles. The summed E-state index contributed by atoms with van der Waals surface area (Å²) in [5.41, 5.74) is 8.48. The van der Waals surface area contributed by atoms with Crippen molar-refractivity contribution >= 4 is 29.6 Å². The van der Waals surface area contributed by atoms with Crippen molar-refractivity contribution in [2.45, 2.75) is 6.92 Å². The number of hydrogen-bond acceptors (Lipinski definition) is 5. The summed E-state index contributed by atoms with van der Waals surface area (Å²) in [7, 11) is -1.63. The first-order chi connectivity index (χ1) is 9.06. The molecule has 0 fully saturated rings. The molecule has 2 aromatic rings. The molecule has 0 aliphatic carbocycles. The minimum atomic E-state index is -1.63. The van der Waals surface area contributed by atoms with E-state index in [-0.39, 0.29) is 5.46 Å². The fourth-order valence-corrected chi connectivity index (χ4v) is 1.59. The maximum Gasteiger partial charge on any atom is 0.490 e. The van der Waals surface area contributed by atoms with Crippen LogP contribution < -0.4 is 11.2 Å². The summed E-state index contributed by atoms with van der Waals surface area (Å²) in [6.07, 6.45) is 0. The SMILES string of the molecule is Cc1ccc(N=Nc2ccc(N)cc2B(O)O)cc1. The number of hydrogen-bond donors (Lipinski definition) is 3. The third-order valence-corrected chi connectivity index (χ3v) is 2.64. The number of nitrogens with zero attached hydrogens (tertiary/aromatic N) is 2. The molecule has 2 rings (SSSR count). The minimum absolute atomic E-state index is 0.232. The molecule has 0 amide bonds. The van der Waals surface area contributed by atoms with Crippen LogP contribution in [0, 0.1) is 6.92 Å². The molecule has 2 aromatic carbocycles. The number of rotatable bonds is 3. The maximum absolute atomic E-state index is 9.26. The lowest BCUT2D eigenvalue weighted by Crippen LogP contribution is -2.30. The van der Waals surface area contributed by atoms with Crippen LogP contribution in [0.2, 0.25) is 0 Å². The van der Waals surface area contributed by atoms with Gasteiger partial charge in [0, 0.05) is 11.2 Å². The first kappa shape index (κ1) is 13.3. The van der Waals surface area contributed by atoms with Crippen molar-refractivity contribution in [3.63, 3.8) is 0 Å². The van der Waals surface area contributed by atoms with E-state index in [1.54, 1.807) is 12.1 Å². The molecule has 0 saturated carbocycles. The van der Waals surface area contributed by atoms with Crippen LogP contribution in [0.3, 0.4) is 0 Å². The van der Waals surface area contributed by atoms with Gasteiger partial charge in [-0.1, -0.05) is 17.7 Å². The summed E-state index contributed by atoms with van der Waals surface area (Å²) in [5.74, 6) is 0. The van der Waals surface area contributed by atoms with Gasteiger partial charge in [-0.15, -0.1) is 0 Å². The highest BCUT2D eigenvalue weighted by Crippen LogP contribution is 2.18. The Hall–Kier alpha value is -2.18. The van der Waals surface area contributed by atoms with Gasteiger partial charge in [-0.05, 0) is 37.3 Å². The molecule has 0 bridgehead atoms. The quantitative estimate of drug-likeness (QED) is 0.442. The Morgan fingerprint density at radius 1 is 1.00 bits per heavy atom. The molecule has 96 valence electrons. The van der Waals surface area contributed by atoms with Gasteiger partial charge in [0.15, 0.2) is 0 Å². The zero-order valence-electron chi connectivity index (χ0n) is 10.5. The van der Waals surface area contributed by atoms with Crippen LogP contribution in [0.4, 0.5) is 17.1 Å². The molecule has 0 aliphatic rings. The predicted octanol–water partition coefficient (Wildman–Crippen LogP) is 1.67. The number of aryl methyl sites for hydroxylation is 1. The number of anilines is 1. The van der Waals surface area contributed by atoms with Gasteiger partial charge in [0.25, 0.3) is 0 Å². The van der Waals surface area contributed by atoms with Crippen molar-refractivity contribution in [1.82, 2.24) is 0 Å². The van der Waals surface area contributed by atoms with Crippen molar-refractivity contribution in [2.24, 2.45) is 10.2 Å². The fourth-order valence-electron chi connectivity index (χ4n) is 1.59. The van der Waals surface area contributed by atoms with E-state index in [0.717, 1.165) is 5.56 Å². The molecule has 4 N–H and O–H groups in total. The Morgan fingerprint density at radius 3 is 2.32 bits per heavy atom. The van der Waals surface area contributed by atoms with E-state index < -0.39 is 7.12 Å². The number of azo groups is 1. The van der Waals surface area contributed by atoms with Crippen LogP contribution in [0.25, 0.3) is 0 Å². The Kier molecular flexibility index (Phi) is 3.94. The summed E-state index contributed by atoms with van der Waals surface area (Å²) < 4.78 is 0. The Bertz CT molecular complexity index is 597. The summed E-state index contributed by atoms with van der Waals surface area (Å²) in [4.78, 5) is 0. The fraction of sp³-hybridized carbons (Fsp3) is 0.0769. The molecule has 0 unspecified atom stereocenters. The van der Waals surface area contributed by atoms with E-state index >= 15 is 0 Å². The molecule has 0 saturated heterocycles. The topological polar surface area (TPSA) is 91.2 Å². The highest BCUT2D eigenvalue weighted by atomic mass is 16.4. The van der Waals surface area contributed by atoms with E-state index in [9.17, 15) is 10.0 Å². The Labute approximate surface area is 111 Å². The molecular formula is C13H14BN3O2. The molecule has 0 atom stereocenters. The van der Waals surface area contributed by atoms with Crippen LogP contribution in [-0.2, 0) is 0 Å². The van der Waals surface area contributed by atoms with Gasteiger partial charge in [-0.2, -0.15) is 10.2 Å². The van der Waals surface area contributed by atoms with Gasteiger partial charge >= 0.3 is 7.12 Å². The summed E-state index contributed by atoms with van der Waals surface area (Å²) >= 11 is 0. The van der Waals surface area contributed by atoms with E-state index in [0.29, 0.717) is 17.1 Å². The second-order valence-corrected chi connectivity index (χ2v) is 4.23. The molecule has 0 spiro atoms. The lowest BCUT2D eigenvalue weighted by molar-refractivity contribution is 0.426. The number of nitrogens with two attached hydrogens (primary N) is 1. The van der Waals surface area contributed by atoms with Gasteiger partial charge in [0.2, 0.25) is 0 Å². The van der Waals surface area contributed by atoms with E-state index in [1.807, 2.05) is 31.2 Å². The number of benzene rings is 2. The maximum atomic E-state index is 9.26. The summed E-state index contributed by atoms with van der Waals surface area (Å²) in [6.45, 7) is 1.99. The zero-order chi connectivity index (χ0) is 13.8. The van der Waals surface area contributed by atoms with Crippen molar-refractivity contribution in [3.05, 3.63) is 48.0 Å². The van der Waals surface area contributed by atoms with Crippen molar-refractivity contribution in [3.8, 4) is 0 Å². The lowest BCUT2D eigenvalue weighted by Gasteiger charge is -2.04. The highest BCUT2D eigenvalue weighted by Gasteiger charge is 2.16. The van der Waals surface area contributed by atoms with Crippen molar-refractivity contribution in [1.29, 1.82) is 0 Å². The van der Waals surface area contributed by atoms with Crippen LogP contribution in [0.5, 0.6) is 0 Å². The average Bonchev–Trinajstić information content (AvgIpc) is 2.39. The molecule has 0 aliphatic heterocycles. The van der Waals surface area contributed by atoms with Crippen LogP contribution in [-0.4, -0.2) is 17.2 Å². The smallest absolute Gasteiger partial charge is 0.423 e. The first-order valence-corrected chi connectivity index (χ1v) is 5.80. The van der Waals surface area contributed by atoms with Gasteiger partial charge in [0.05, 0.1) is 11.4 Å². The van der Waals surface area contributed by atoms with Crippen LogP contribution in [0.1, 0.15) is 5.56 Å². The summed E-state index contributed by atoms with van der Waals surface area (Å²) in [5, 5.41) is 26.6. The van der Waals surface area contributed by atoms with Crippen molar-refractivity contribution in [2.75, 3.05) is 5.73 Å². The van der Waals surface area contributed by atoms with E-state index in [4.69, 9.17) is 5.73 Å². The van der Waals surface area contributed by atoms with Crippen LogP contribution >= 0.6 is 0 Å². The van der Waals surface area contributed by atoms with Gasteiger partial charge in [-0.25, -0.2) is 0 Å². The monoisotopic (exact) mass is 255 g/mol. The summed E-state index contributed by atoms with van der Waals surface area (Å²) in [6, 6.07) is 12.2. The zero-order valence-corrected chi connectivity index (χ0v) is 10.5. The standard InChI is InChI=1S/C13H14BN3O2/c1-9-2-5-11(6-3-9)16-17-13-7-4-10(15)8-12(13)14(18)19/h2-8,18-19H,15H2,1H3. The average molecular weight is 255 g/mol. The first-order valence-electron chi connectivity index (χ1n) is 5.80. The molecule has 5 nitrogen and oxygen atoms in total. The minimum Gasteiger partial charge on any atom is -0.423 e. The highest BCUT2D eigenvalue weighted by molar-refractivity contribution is 6.60. The molecule has 0 aromatic heterocycles. The number of nitrogen functional groups attached to an aromatic ring is 1. The normalized spacial score (nSPS) is 10.9. The molecule has 6 heteroatoms. The molecular weight excluding hydrogens is 241 g/mol. The predicted molar refractivity (Wildman–Crippen MR) is 76.0 cm³/mol. The van der Waals surface area contributed by atoms with Crippen LogP contribution in [0.15, 0.2) is 52.7 Å². The van der Waals surface area contributed by atoms with Gasteiger partial charge in [-0.3, -0.25) is 0 Å². The van der Waals surface area contributed by atoms with Gasteiger partial charge in [0.1, 0.15) is 0 Å². The Morgan fingerprint density at radius 2 is 1.68 bits per heavy atom. The third-order valence-electron chi connectivity index (χ3n) is 2.64. The third kappa shape index (κ3) is 3.40. The largest absolute Gasteiger partial charge is 0.490 e. The van der Waals surface area contributed by atoms with E-state index in [2.05, 4.69) is 10.2 Å². The second-order valence-electron chi connectivity index (χ2n) is 4.23. The lowest BCUT2D eigenvalue weighted by atomic mass is 9.79. The second kappa shape index (κ2) is 5.64. The molecule has 19 heavy (non-hydrogen) atoms. The van der Waals surface area contributed by atoms with Crippen molar-refractivity contribution < 1.29 is 10.0 Å². The van der Waals surface area contributed by atoms with Gasteiger partial charge < -0.3 is 15.8 Å². The molecule has 0 radical (unpaired) electrons.